The van der Waals surface area contributed by atoms with Gasteiger partial charge < -0.3 is 10.1 Å². The van der Waals surface area contributed by atoms with Crippen molar-refractivity contribution in [2.75, 3.05) is 11.9 Å². The number of ether oxygens (including phenoxy) is 1. The number of carbonyl (C=O) groups is 1. The Morgan fingerprint density at radius 2 is 2.04 bits per heavy atom. The lowest BCUT2D eigenvalue weighted by molar-refractivity contribution is 0.0526. The Morgan fingerprint density at radius 1 is 1.19 bits per heavy atom. The number of aromatic nitrogens is 3. The molecule has 1 aromatic carbocycles. The molecule has 0 aliphatic carbocycles. The number of pyridine rings is 1. The summed E-state index contributed by atoms with van der Waals surface area (Å²) in [5, 5.41) is 2.87. The third kappa shape index (κ3) is 4.22. The molecule has 138 valence electrons. The van der Waals surface area contributed by atoms with Crippen LogP contribution in [-0.4, -0.2) is 27.5 Å². The molecule has 0 bridgehead atoms. The summed E-state index contributed by atoms with van der Waals surface area (Å²) in [7, 11) is 0. The van der Waals surface area contributed by atoms with Crippen molar-refractivity contribution in [3.63, 3.8) is 0 Å². The fourth-order valence-corrected chi connectivity index (χ4v) is 2.37. The predicted molar refractivity (Wildman–Crippen MR) is 94.9 cm³/mol. The summed E-state index contributed by atoms with van der Waals surface area (Å²) in [6, 6.07) is 7.38. The van der Waals surface area contributed by atoms with Crippen LogP contribution in [-0.2, 0) is 11.3 Å². The molecule has 0 saturated heterocycles. The minimum Gasteiger partial charge on any atom is -0.462 e. The zero-order valence-electron chi connectivity index (χ0n) is 14.4. The van der Waals surface area contributed by atoms with Gasteiger partial charge in [0.25, 0.3) is 0 Å². The zero-order valence-corrected chi connectivity index (χ0v) is 14.4. The smallest absolute Gasteiger partial charge is 0.343 e. The number of carbonyl (C=O) groups excluding carboxylic acids is 1. The second-order valence-electron chi connectivity index (χ2n) is 5.48. The summed E-state index contributed by atoms with van der Waals surface area (Å²) in [6.45, 7) is 1.79. The Balaban J connectivity index is 1.94. The summed E-state index contributed by atoms with van der Waals surface area (Å²) in [5.41, 5.74) is 0.848. The summed E-state index contributed by atoms with van der Waals surface area (Å²) in [5.74, 6) is -2.02. The molecular formula is C19H16F2N4O2. The number of nitrogens with one attached hydrogen (secondary N) is 1. The van der Waals surface area contributed by atoms with Gasteiger partial charge in [-0.3, -0.25) is 4.98 Å². The molecule has 0 atom stereocenters. The highest BCUT2D eigenvalue weighted by atomic mass is 19.2. The Hall–Kier alpha value is -3.42. The molecule has 0 spiro atoms. The number of esters is 1. The van der Waals surface area contributed by atoms with Crippen LogP contribution in [0.2, 0.25) is 0 Å². The highest BCUT2D eigenvalue weighted by Crippen LogP contribution is 2.21. The second-order valence-corrected chi connectivity index (χ2v) is 5.48. The topological polar surface area (TPSA) is 77.0 Å². The van der Waals surface area contributed by atoms with Gasteiger partial charge in [0, 0.05) is 36.3 Å². The molecule has 0 amide bonds. The quantitative estimate of drug-likeness (QED) is 0.668. The SMILES string of the molecule is CCOC(=O)c1cnc(-c2cccnc2)nc1NCc1cccc(F)c1F. The third-order valence-electron chi connectivity index (χ3n) is 3.68. The van der Waals surface area contributed by atoms with Crippen molar-refractivity contribution in [2.24, 2.45) is 0 Å². The molecule has 2 heterocycles. The molecule has 0 radical (unpaired) electrons. The van der Waals surface area contributed by atoms with Gasteiger partial charge in [0.05, 0.1) is 6.61 Å². The highest BCUT2D eigenvalue weighted by Gasteiger charge is 2.17. The van der Waals surface area contributed by atoms with E-state index in [0.717, 1.165) is 6.07 Å². The van der Waals surface area contributed by atoms with E-state index >= 15 is 0 Å². The van der Waals surface area contributed by atoms with E-state index in [1.807, 2.05) is 0 Å². The number of rotatable bonds is 6. The molecule has 3 rings (SSSR count). The van der Waals surface area contributed by atoms with Gasteiger partial charge in [0.2, 0.25) is 0 Å². The van der Waals surface area contributed by atoms with Gasteiger partial charge in [-0.1, -0.05) is 12.1 Å². The Bertz CT molecular complexity index is 952. The molecular weight excluding hydrogens is 354 g/mol. The number of hydrogen-bond acceptors (Lipinski definition) is 6. The van der Waals surface area contributed by atoms with Crippen LogP contribution in [0.1, 0.15) is 22.8 Å². The van der Waals surface area contributed by atoms with E-state index in [9.17, 15) is 13.6 Å². The largest absolute Gasteiger partial charge is 0.462 e. The van der Waals surface area contributed by atoms with Gasteiger partial charge in [-0.15, -0.1) is 0 Å². The van der Waals surface area contributed by atoms with Gasteiger partial charge in [-0.2, -0.15) is 0 Å². The number of benzene rings is 1. The maximum Gasteiger partial charge on any atom is 0.343 e. The number of anilines is 1. The molecule has 0 aliphatic rings. The van der Waals surface area contributed by atoms with Crippen molar-refractivity contribution in [1.82, 2.24) is 15.0 Å². The molecule has 0 aliphatic heterocycles. The first-order valence-corrected chi connectivity index (χ1v) is 8.21. The lowest BCUT2D eigenvalue weighted by Crippen LogP contribution is -2.13. The van der Waals surface area contributed by atoms with E-state index < -0.39 is 17.6 Å². The van der Waals surface area contributed by atoms with Crippen molar-refractivity contribution in [3.05, 3.63) is 71.7 Å². The maximum atomic E-state index is 13.9. The van der Waals surface area contributed by atoms with Gasteiger partial charge in [-0.25, -0.2) is 23.5 Å². The van der Waals surface area contributed by atoms with Crippen molar-refractivity contribution in [2.45, 2.75) is 13.5 Å². The molecule has 27 heavy (non-hydrogen) atoms. The van der Waals surface area contributed by atoms with Crippen molar-refractivity contribution in [3.8, 4) is 11.4 Å². The third-order valence-corrected chi connectivity index (χ3v) is 3.68. The van der Waals surface area contributed by atoms with Crippen molar-refractivity contribution >= 4 is 11.8 Å². The fourth-order valence-electron chi connectivity index (χ4n) is 2.37. The van der Waals surface area contributed by atoms with Crippen LogP contribution < -0.4 is 5.32 Å². The predicted octanol–water partition coefficient (Wildman–Crippen LogP) is 3.61. The van der Waals surface area contributed by atoms with Crippen LogP contribution in [0.15, 0.2) is 48.9 Å². The van der Waals surface area contributed by atoms with E-state index in [4.69, 9.17) is 4.74 Å². The number of hydrogen-bond donors (Lipinski definition) is 1. The van der Waals surface area contributed by atoms with E-state index in [1.165, 1.54) is 18.3 Å². The minimum absolute atomic E-state index is 0.0699. The van der Waals surface area contributed by atoms with Crippen molar-refractivity contribution < 1.29 is 18.3 Å². The zero-order chi connectivity index (χ0) is 19.2. The first-order valence-electron chi connectivity index (χ1n) is 8.21. The summed E-state index contributed by atoms with van der Waals surface area (Å²) in [6.07, 6.45) is 4.52. The van der Waals surface area contributed by atoms with Gasteiger partial charge in [0.1, 0.15) is 11.4 Å². The fraction of sp³-hybridized carbons (Fsp3) is 0.158. The van der Waals surface area contributed by atoms with Crippen molar-refractivity contribution in [1.29, 1.82) is 0 Å². The molecule has 0 saturated carbocycles. The van der Waals surface area contributed by atoms with E-state index in [-0.39, 0.29) is 30.1 Å². The summed E-state index contributed by atoms with van der Waals surface area (Å²) < 4.78 is 32.3. The molecule has 0 fully saturated rings. The van der Waals surface area contributed by atoms with Crippen LogP contribution in [0.3, 0.4) is 0 Å². The number of nitrogens with zero attached hydrogens (tertiary/aromatic N) is 3. The normalized spacial score (nSPS) is 10.5. The van der Waals surface area contributed by atoms with Gasteiger partial charge >= 0.3 is 5.97 Å². The molecule has 0 unspecified atom stereocenters. The average Bonchev–Trinajstić information content (AvgIpc) is 2.70. The Kier molecular flexibility index (Phi) is 5.65. The molecule has 2 aromatic heterocycles. The maximum absolute atomic E-state index is 13.9. The minimum atomic E-state index is -0.954. The molecule has 6 nitrogen and oxygen atoms in total. The average molecular weight is 370 g/mol. The molecule has 1 N–H and O–H groups in total. The molecule has 8 heteroatoms. The van der Waals surface area contributed by atoms with Crippen LogP contribution in [0.5, 0.6) is 0 Å². The van der Waals surface area contributed by atoms with Crippen LogP contribution in [0.4, 0.5) is 14.6 Å². The lowest BCUT2D eigenvalue weighted by Gasteiger charge is -2.12. The summed E-state index contributed by atoms with van der Waals surface area (Å²) in [4.78, 5) is 24.7. The standard InChI is InChI=1S/C19H16F2N4O2/c1-2-27-19(26)14-11-24-17(13-6-4-8-22-9-13)25-18(14)23-10-12-5-3-7-15(20)16(12)21/h3-9,11H,2,10H2,1H3,(H,23,24,25). The van der Waals surface area contributed by atoms with Gasteiger partial charge in [0.15, 0.2) is 17.5 Å². The van der Waals surface area contributed by atoms with Crippen LogP contribution in [0.25, 0.3) is 11.4 Å². The van der Waals surface area contributed by atoms with E-state index in [1.54, 1.807) is 31.5 Å². The Morgan fingerprint density at radius 3 is 2.78 bits per heavy atom. The van der Waals surface area contributed by atoms with Gasteiger partial charge in [-0.05, 0) is 25.1 Å². The second kappa shape index (κ2) is 8.31. The monoisotopic (exact) mass is 370 g/mol. The first kappa shape index (κ1) is 18.4. The first-order chi connectivity index (χ1) is 13.1. The lowest BCUT2D eigenvalue weighted by atomic mass is 10.2. The van der Waals surface area contributed by atoms with Crippen LogP contribution in [0, 0.1) is 11.6 Å². The summed E-state index contributed by atoms with van der Waals surface area (Å²) >= 11 is 0. The number of halogens is 2. The highest BCUT2D eigenvalue weighted by molar-refractivity contribution is 5.94. The van der Waals surface area contributed by atoms with Crippen LogP contribution >= 0.6 is 0 Å². The van der Waals surface area contributed by atoms with E-state index in [0.29, 0.717) is 11.4 Å². The Labute approximate surface area is 154 Å². The van der Waals surface area contributed by atoms with E-state index in [2.05, 4.69) is 20.3 Å². The molecule has 3 aromatic rings.